The van der Waals surface area contributed by atoms with Crippen LogP contribution in [0, 0.1) is 5.92 Å². The number of carbonyl (C=O) groups is 1. The molecule has 1 aliphatic heterocycles. The third-order valence-electron chi connectivity index (χ3n) is 5.41. The standard InChI is InChI=1S/C24H32N2O5S/c1-5-30-21-14-9-18(16-22(21)31-6-2)24(17(3)4)25-32(28,29)20-12-10-19(11-13-20)26-15-7-8-23(26)27/h9-14,16-17,24-25H,5-8,15H2,1-4H3. The van der Waals surface area contributed by atoms with Crippen LogP contribution in [0.3, 0.4) is 0 Å². The normalized spacial score (nSPS) is 15.3. The molecule has 0 aliphatic carbocycles. The smallest absolute Gasteiger partial charge is 0.241 e. The predicted octanol–water partition coefficient (Wildman–Crippen LogP) is 4.29. The summed E-state index contributed by atoms with van der Waals surface area (Å²) in [6.07, 6.45) is 1.35. The molecule has 1 amide bonds. The lowest BCUT2D eigenvalue weighted by atomic mass is 9.97. The highest BCUT2D eigenvalue weighted by Gasteiger charge is 2.26. The van der Waals surface area contributed by atoms with Crippen LogP contribution in [-0.2, 0) is 14.8 Å². The Kier molecular flexibility index (Phi) is 7.79. The van der Waals surface area contributed by atoms with E-state index in [2.05, 4.69) is 4.72 Å². The summed E-state index contributed by atoms with van der Waals surface area (Å²) >= 11 is 0. The molecule has 7 nitrogen and oxygen atoms in total. The summed E-state index contributed by atoms with van der Waals surface area (Å²) < 4.78 is 40.5. The Balaban J connectivity index is 1.85. The van der Waals surface area contributed by atoms with Crippen LogP contribution in [0.2, 0.25) is 0 Å². The second kappa shape index (κ2) is 10.4. The van der Waals surface area contributed by atoms with Crippen molar-refractivity contribution in [2.24, 2.45) is 5.92 Å². The minimum absolute atomic E-state index is 0.00121. The molecule has 8 heteroatoms. The first-order valence-corrected chi connectivity index (χ1v) is 12.6. The summed E-state index contributed by atoms with van der Waals surface area (Å²) in [5, 5.41) is 0. The average molecular weight is 461 g/mol. The van der Waals surface area contributed by atoms with Gasteiger partial charge in [-0.2, -0.15) is 0 Å². The molecule has 2 aromatic rings. The number of nitrogens with zero attached hydrogens (tertiary/aromatic N) is 1. The molecule has 0 radical (unpaired) electrons. The predicted molar refractivity (Wildman–Crippen MR) is 125 cm³/mol. The fraction of sp³-hybridized carbons (Fsp3) is 0.458. The monoisotopic (exact) mass is 460 g/mol. The SMILES string of the molecule is CCOc1ccc(C(NS(=O)(=O)c2ccc(N3CCCC3=O)cc2)C(C)C)cc1OCC. The molecule has 2 aromatic carbocycles. The number of hydrogen-bond acceptors (Lipinski definition) is 5. The average Bonchev–Trinajstić information content (AvgIpc) is 3.19. The van der Waals surface area contributed by atoms with E-state index < -0.39 is 16.1 Å². The minimum Gasteiger partial charge on any atom is -0.490 e. The van der Waals surface area contributed by atoms with Gasteiger partial charge in [0, 0.05) is 24.7 Å². The number of rotatable bonds is 10. The van der Waals surface area contributed by atoms with E-state index in [1.54, 1.807) is 29.2 Å². The number of amides is 1. The van der Waals surface area contributed by atoms with Gasteiger partial charge in [-0.15, -0.1) is 0 Å². The quantitative estimate of drug-likeness (QED) is 0.572. The lowest BCUT2D eigenvalue weighted by molar-refractivity contribution is -0.117. The fourth-order valence-corrected chi connectivity index (χ4v) is 5.18. The molecule has 1 saturated heterocycles. The van der Waals surface area contributed by atoms with Crippen LogP contribution in [0.25, 0.3) is 0 Å². The number of sulfonamides is 1. The van der Waals surface area contributed by atoms with Crippen molar-refractivity contribution >= 4 is 21.6 Å². The topological polar surface area (TPSA) is 84.9 Å². The second-order valence-corrected chi connectivity index (χ2v) is 9.77. The number of ether oxygens (including phenoxy) is 2. The van der Waals surface area contributed by atoms with Crippen LogP contribution >= 0.6 is 0 Å². The maximum absolute atomic E-state index is 13.1. The summed E-state index contributed by atoms with van der Waals surface area (Å²) in [5.41, 5.74) is 1.52. The molecule has 1 atom stereocenters. The molecule has 0 spiro atoms. The molecule has 0 aromatic heterocycles. The molecular formula is C24H32N2O5S. The zero-order chi connectivity index (χ0) is 23.3. The van der Waals surface area contributed by atoms with Crippen molar-refractivity contribution in [3.8, 4) is 11.5 Å². The van der Waals surface area contributed by atoms with E-state index in [0.717, 1.165) is 17.7 Å². The van der Waals surface area contributed by atoms with Crippen LogP contribution < -0.4 is 19.1 Å². The van der Waals surface area contributed by atoms with Gasteiger partial charge in [-0.3, -0.25) is 4.79 Å². The van der Waals surface area contributed by atoms with Crippen molar-refractivity contribution in [2.75, 3.05) is 24.7 Å². The highest BCUT2D eigenvalue weighted by atomic mass is 32.2. The molecular weight excluding hydrogens is 428 g/mol. The maximum atomic E-state index is 13.1. The van der Waals surface area contributed by atoms with E-state index >= 15 is 0 Å². The highest BCUT2D eigenvalue weighted by molar-refractivity contribution is 7.89. The fourth-order valence-electron chi connectivity index (χ4n) is 3.81. The highest BCUT2D eigenvalue weighted by Crippen LogP contribution is 2.34. The number of anilines is 1. The van der Waals surface area contributed by atoms with Crippen molar-refractivity contribution < 1.29 is 22.7 Å². The summed E-state index contributed by atoms with van der Waals surface area (Å²) in [6, 6.07) is 11.5. The van der Waals surface area contributed by atoms with Crippen molar-refractivity contribution in [3.63, 3.8) is 0 Å². The Hall–Kier alpha value is -2.58. The zero-order valence-electron chi connectivity index (χ0n) is 19.1. The van der Waals surface area contributed by atoms with Gasteiger partial charge in [-0.05, 0) is 68.1 Å². The Labute approximate surface area is 190 Å². The zero-order valence-corrected chi connectivity index (χ0v) is 19.9. The van der Waals surface area contributed by atoms with E-state index in [4.69, 9.17) is 9.47 Å². The summed E-state index contributed by atoms with van der Waals surface area (Å²) in [6.45, 7) is 9.38. The molecule has 32 heavy (non-hydrogen) atoms. The molecule has 1 aliphatic rings. The van der Waals surface area contributed by atoms with E-state index in [1.165, 1.54) is 0 Å². The van der Waals surface area contributed by atoms with Gasteiger partial charge in [0.05, 0.1) is 18.1 Å². The van der Waals surface area contributed by atoms with E-state index in [1.807, 2.05) is 45.9 Å². The van der Waals surface area contributed by atoms with Crippen LogP contribution in [-0.4, -0.2) is 34.1 Å². The van der Waals surface area contributed by atoms with Gasteiger partial charge in [0.1, 0.15) is 0 Å². The van der Waals surface area contributed by atoms with Crippen LogP contribution in [0.15, 0.2) is 47.4 Å². The van der Waals surface area contributed by atoms with E-state index in [-0.39, 0.29) is 16.7 Å². The second-order valence-electron chi connectivity index (χ2n) is 8.06. The molecule has 1 heterocycles. The lowest BCUT2D eigenvalue weighted by Gasteiger charge is -2.24. The Bertz CT molecular complexity index is 1030. The summed E-state index contributed by atoms with van der Waals surface area (Å²) in [5.74, 6) is 1.30. The minimum atomic E-state index is -3.78. The van der Waals surface area contributed by atoms with Gasteiger partial charge in [0.15, 0.2) is 11.5 Å². The molecule has 1 unspecified atom stereocenters. The number of nitrogens with one attached hydrogen (secondary N) is 1. The van der Waals surface area contributed by atoms with Gasteiger partial charge in [-0.25, -0.2) is 13.1 Å². The third kappa shape index (κ3) is 5.42. The molecule has 0 saturated carbocycles. The van der Waals surface area contributed by atoms with Gasteiger partial charge in [-0.1, -0.05) is 19.9 Å². The lowest BCUT2D eigenvalue weighted by Crippen LogP contribution is -2.32. The van der Waals surface area contributed by atoms with Crippen molar-refractivity contribution in [1.82, 2.24) is 4.72 Å². The van der Waals surface area contributed by atoms with E-state index in [0.29, 0.717) is 37.7 Å². The largest absolute Gasteiger partial charge is 0.490 e. The molecule has 1 N–H and O–H groups in total. The molecule has 0 bridgehead atoms. The van der Waals surface area contributed by atoms with Gasteiger partial charge >= 0.3 is 0 Å². The number of hydrogen-bond donors (Lipinski definition) is 1. The maximum Gasteiger partial charge on any atom is 0.241 e. The molecule has 174 valence electrons. The van der Waals surface area contributed by atoms with Gasteiger partial charge in [0.25, 0.3) is 0 Å². The Morgan fingerprint density at radius 2 is 1.66 bits per heavy atom. The van der Waals surface area contributed by atoms with Crippen LogP contribution in [0.4, 0.5) is 5.69 Å². The van der Waals surface area contributed by atoms with Crippen molar-refractivity contribution in [2.45, 2.75) is 51.5 Å². The molecule has 1 fully saturated rings. The van der Waals surface area contributed by atoms with Crippen molar-refractivity contribution in [1.29, 1.82) is 0 Å². The molecule has 3 rings (SSSR count). The summed E-state index contributed by atoms with van der Waals surface area (Å²) in [4.78, 5) is 13.8. The number of carbonyl (C=O) groups excluding carboxylic acids is 1. The van der Waals surface area contributed by atoms with Crippen LogP contribution in [0.1, 0.15) is 52.1 Å². The first-order chi connectivity index (χ1) is 15.3. The van der Waals surface area contributed by atoms with E-state index in [9.17, 15) is 13.2 Å². The summed E-state index contributed by atoms with van der Waals surface area (Å²) in [7, 11) is -3.78. The van der Waals surface area contributed by atoms with Crippen molar-refractivity contribution in [3.05, 3.63) is 48.0 Å². The first-order valence-electron chi connectivity index (χ1n) is 11.1. The van der Waals surface area contributed by atoms with Gasteiger partial charge < -0.3 is 14.4 Å². The Morgan fingerprint density at radius 3 is 2.22 bits per heavy atom. The first kappa shape index (κ1) is 24.1. The third-order valence-corrected chi connectivity index (χ3v) is 6.86. The van der Waals surface area contributed by atoms with Gasteiger partial charge in [0.2, 0.25) is 15.9 Å². The number of benzene rings is 2. The Morgan fingerprint density at radius 1 is 1.00 bits per heavy atom. The van der Waals surface area contributed by atoms with Crippen LogP contribution in [0.5, 0.6) is 11.5 Å².